The Kier molecular flexibility index (Phi) is 5.17. The van der Waals surface area contributed by atoms with Crippen LogP contribution in [0.5, 0.6) is 0 Å². The van der Waals surface area contributed by atoms with Crippen molar-refractivity contribution >= 4 is 23.0 Å². The number of alkyl carbamates (subject to hydrolysis) is 1. The van der Waals surface area contributed by atoms with Crippen LogP contribution in [0.3, 0.4) is 0 Å². The summed E-state index contributed by atoms with van der Waals surface area (Å²) in [4.78, 5) is 23.7. The van der Waals surface area contributed by atoms with Gasteiger partial charge in [-0.15, -0.1) is 0 Å². The van der Waals surface area contributed by atoms with Gasteiger partial charge in [-0.1, -0.05) is 0 Å². The van der Waals surface area contributed by atoms with Crippen LogP contribution in [0.1, 0.15) is 43.6 Å². The van der Waals surface area contributed by atoms with Gasteiger partial charge < -0.3 is 19.2 Å². The second-order valence-corrected chi connectivity index (χ2v) is 6.72. The number of furan rings is 1. The summed E-state index contributed by atoms with van der Waals surface area (Å²) in [6, 6.07) is 5.04. The molecule has 130 valence electrons. The van der Waals surface area contributed by atoms with Crippen molar-refractivity contribution in [2.75, 3.05) is 7.11 Å². The van der Waals surface area contributed by atoms with Gasteiger partial charge in [0.15, 0.2) is 0 Å². The molecule has 0 bridgehead atoms. The highest BCUT2D eigenvalue weighted by Gasteiger charge is 2.19. The first kappa shape index (κ1) is 17.8. The van der Waals surface area contributed by atoms with Crippen molar-refractivity contribution < 1.29 is 23.5 Å². The van der Waals surface area contributed by atoms with Gasteiger partial charge in [-0.3, -0.25) is 0 Å². The minimum Gasteiger partial charge on any atom is -0.465 e. The molecule has 6 nitrogen and oxygen atoms in total. The lowest BCUT2D eigenvalue weighted by molar-refractivity contribution is 0.0507. The van der Waals surface area contributed by atoms with E-state index in [0.29, 0.717) is 17.6 Å². The van der Waals surface area contributed by atoms with Crippen molar-refractivity contribution in [3.8, 4) is 0 Å². The van der Waals surface area contributed by atoms with Gasteiger partial charge in [0.25, 0.3) is 0 Å². The number of fused-ring (bicyclic) bond motifs is 1. The summed E-state index contributed by atoms with van der Waals surface area (Å²) in [5, 5.41) is 3.60. The van der Waals surface area contributed by atoms with Crippen LogP contribution < -0.4 is 5.32 Å². The van der Waals surface area contributed by atoms with Crippen LogP contribution >= 0.6 is 0 Å². The highest BCUT2D eigenvalue weighted by Crippen LogP contribution is 2.24. The molecule has 1 atom stereocenters. The van der Waals surface area contributed by atoms with E-state index in [1.807, 2.05) is 27.7 Å². The van der Waals surface area contributed by atoms with Crippen LogP contribution in [0.15, 0.2) is 28.9 Å². The molecule has 2 rings (SSSR count). The number of hydrogen-bond donors (Lipinski definition) is 1. The molecular weight excluding hydrogens is 310 g/mol. The highest BCUT2D eigenvalue weighted by atomic mass is 16.6. The number of nitrogens with one attached hydrogen (secondary N) is 1. The Morgan fingerprint density at radius 3 is 2.62 bits per heavy atom. The number of ether oxygens (including phenoxy) is 2. The molecule has 0 saturated heterocycles. The van der Waals surface area contributed by atoms with Crippen LogP contribution in [0.2, 0.25) is 0 Å². The first-order valence-electron chi connectivity index (χ1n) is 7.77. The second kappa shape index (κ2) is 6.95. The average Bonchev–Trinajstić information content (AvgIpc) is 2.92. The van der Waals surface area contributed by atoms with Gasteiger partial charge in [0, 0.05) is 11.4 Å². The fourth-order valence-corrected chi connectivity index (χ4v) is 2.43. The maximum atomic E-state index is 11.9. The highest BCUT2D eigenvalue weighted by molar-refractivity contribution is 5.95. The van der Waals surface area contributed by atoms with Crippen LogP contribution in [-0.4, -0.2) is 30.8 Å². The predicted octanol–water partition coefficient (Wildman–Crippen LogP) is 3.68. The van der Waals surface area contributed by atoms with Gasteiger partial charge in [-0.05, 0) is 57.9 Å². The summed E-state index contributed by atoms with van der Waals surface area (Å²) in [7, 11) is 1.34. The molecule has 1 N–H and O–H groups in total. The average molecular weight is 333 g/mol. The Hall–Kier alpha value is -2.50. The van der Waals surface area contributed by atoms with Gasteiger partial charge >= 0.3 is 12.1 Å². The number of rotatable bonds is 4. The Labute approximate surface area is 141 Å². The first-order valence-corrected chi connectivity index (χ1v) is 7.77. The number of hydrogen-bond acceptors (Lipinski definition) is 5. The smallest absolute Gasteiger partial charge is 0.407 e. The zero-order chi connectivity index (χ0) is 17.9. The van der Waals surface area contributed by atoms with Gasteiger partial charge in [0.05, 0.1) is 18.9 Å². The van der Waals surface area contributed by atoms with Gasteiger partial charge in [0.2, 0.25) is 0 Å². The number of carbonyl (C=O) groups is 2. The van der Waals surface area contributed by atoms with Crippen molar-refractivity contribution in [3.05, 3.63) is 35.6 Å². The normalized spacial score (nSPS) is 12.7. The molecule has 1 aromatic heterocycles. The zero-order valence-electron chi connectivity index (χ0n) is 14.6. The quantitative estimate of drug-likeness (QED) is 0.864. The molecule has 2 aromatic rings. The molecule has 0 fully saturated rings. The Morgan fingerprint density at radius 1 is 1.29 bits per heavy atom. The summed E-state index contributed by atoms with van der Waals surface area (Å²) in [6.45, 7) is 7.29. The largest absolute Gasteiger partial charge is 0.465 e. The SMILES string of the molecule is COC(=O)c1cc(CC(C)NC(=O)OC(C)(C)C)c2occc2c1. The van der Waals surface area contributed by atoms with E-state index in [2.05, 4.69) is 5.32 Å². The number of benzene rings is 1. The van der Waals surface area contributed by atoms with E-state index < -0.39 is 17.7 Å². The maximum Gasteiger partial charge on any atom is 0.407 e. The fraction of sp³-hybridized carbons (Fsp3) is 0.444. The van der Waals surface area contributed by atoms with E-state index in [9.17, 15) is 9.59 Å². The lowest BCUT2D eigenvalue weighted by atomic mass is 10.0. The van der Waals surface area contributed by atoms with Crippen LogP contribution in [-0.2, 0) is 15.9 Å². The Balaban J connectivity index is 2.17. The zero-order valence-corrected chi connectivity index (χ0v) is 14.6. The fourth-order valence-electron chi connectivity index (χ4n) is 2.43. The molecule has 1 amide bonds. The minimum absolute atomic E-state index is 0.193. The third-order valence-corrected chi connectivity index (χ3v) is 3.34. The van der Waals surface area contributed by atoms with E-state index in [-0.39, 0.29) is 6.04 Å². The molecule has 0 spiro atoms. The van der Waals surface area contributed by atoms with Crippen molar-refractivity contribution in [1.29, 1.82) is 0 Å². The molecule has 1 unspecified atom stereocenters. The van der Waals surface area contributed by atoms with Crippen molar-refractivity contribution in [1.82, 2.24) is 5.32 Å². The van der Waals surface area contributed by atoms with E-state index in [0.717, 1.165) is 10.9 Å². The minimum atomic E-state index is -0.553. The third kappa shape index (κ3) is 4.50. The summed E-state index contributed by atoms with van der Waals surface area (Å²) >= 11 is 0. The summed E-state index contributed by atoms with van der Waals surface area (Å²) in [6.07, 6.45) is 1.59. The molecule has 0 aliphatic heterocycles. The lowest BCUT2D eigenvalue weighted by Gasteiger charge is -2.22. The molecule has 0 aliphatic rings. The van der Waals surface area contributed by atoms with Gasteiger partial charge in [-0.2, -0.15) is 0 Å². The van der Waals surface area contributed by atoms with E-state index in [4.69, 9.17) is 13.9 Å². The monoisotopic (exact) mass is 333 g/mol. The third-order valence-electron chi connectivity index (χ3n) is 3.34. The number of amides is 1. The van der Waals surface area contributed by atoms with E-state index >= 15 is 0 Å². The molecule has 0 saturated carbocycles. The topological polar surface area (TPSA) is 77.8 Å². The van der Waals surface area contributed by atoms with E-state index in [1.165, 1.54) is 7.11 Å². The second-order valence-electron chi connectivity index (χ2n) is 6.72. The molecule has 0 radical (unpaired) electrons. The maximum absolute atomic E-state index is 11.9. The number of carbonyl (C=O) groups excluding carboxylic acids is 2. The lowest BCUT2D eigenvalue weighted by Crippen LogP contribution is -2.38. The Morgan fingerprint density at radius 2 is 2.00 bits per heavy atom. The molecule has 6 heteroatoms. The van der Waals surface area contributed by atoms with Crippen LogP contribution in [0, 0.1) is 0 Å². The number of methoxy groups -OCH3 is 1. The van der Waals surface area contributed by atoms with Crippen molar-refractivity contribution in [2.24, 2.45) is 0 Å². The molecule has 24 heavy (non-hydrogen) atoms. The Bertz CT molecular complexity index is 741. The molecular formula is C18H23NO5. The van der Waals surface area contributed by atoms with Gasteiger partial charge in [0.1, 0.15) is 11.2 Å². The summed E-state index contributed by atoms with van der Waals surface area (Å²) in [5.74, 6) is -0.410. The molecule has 1 aromatic carbocycles. The van der Waals surface area contributed by atoms with E-state index in [1.54, 1.807) is 24.5 Å². The van der Waals surface area contributed by atoms with Crippen LogP contribution in [0.25, 0.3) is 11.0 Å². The van der Waals surface area contributed by atoms with Crippen LogP contribution in [0.4, 0.5) is 4.79 Å². The van der Waals surface area contributed by atoms with Crippen molar-refractivity contribution in [3.63, 3.8) is 0 Å². The molecule has 0 aliphatic carbocycles. The van der Waals surface area contributed by atoms with Crippen molar-refractivity contribution in [2.45, 2.75) is 45.8 Å². The molecule has 1 heterocycles. The predicted molar refractivity (Wildman–Crippen MR) is 90.1 cm³/mol. The van der Waals surface area contributed by atoms with Gasteiger partial charge in [-0.25, -0.2) is 9.59 Å². The summed E-state index contributed by atoms with van der Waals surface area (Å²) in [5.41, 5.74) is 1.41. The first-order chi connectivity index (χ1) is 11.2. The number of esters is 1. The standard InChI is InChI=1S/C18H23NO5/c1-11(19-17(21)24-18(2,3)4)8-13-10-14(16(20)22-5)9-12-6-7-23-15(12)13/h6-7,9-11H,8H2,1-5H3,(H,19,21). The summed E-state index contributed by atoms with van der Waals surface area (Å²) < 4.78 is 15.5.